The molecule has 0 aromatic heterocycles. The zero-order valence-corrected chi connectivity index (χ0v) is 12.6. The van der Waals surface area contributed by atoms with E-state index < -0.39 is 0 Å². The number of hydrogen-bond acceptors (Lipinski definition) is 2. The van der Waals surface area contributed by atoms with E-state index in [0.717, 1.165) is 30.6 Å². The normalized spacial score (nSPS) is 15.7. The van der Waals surface area contributed by atoms with Gasteiger partial charge in [0.1, 0.15) is 5.82 Å². The Labute approximate surface area is 125 Å². The van der Waals surface area contributed by atoms with Gasteiger partial charge in [0.05, 0.1) is 5.69 Å². The second kappa shape index (κ2) is 5.49. The predicted octanol–water partition coefficient (Wildman–Crippen LogP) is 4.24. The maximum Gasteiger partial charge on any atom is 0.147 e. The van der Waals surface area contributed by atoms with Gasteiger partial charge in [-0.15, -0.1) is 0 Å². The summed E-state index contributed by atoms with van der Waals surface area (Å²) in [6.07, 6.45) is 2.11. The van der Waals surface area contributed by atoms with Crippen LogP contribution in [-0.2, 0) is 6.42 Å². The third-order valence-electron chi connectivity index (χ3n) is 4.14. The van der Waals surface area contributed by atoms with E-state index >= 15 is 0 Å². The van der Waals surface area contributed by atoms with Crippen LogP contribution in [0.4, 0.5) is 15.8 Å². The molecule has 1 aliphatic rings. The van der Waals surface area contributed by atoms with Crippen LogP contribution in [0.25, 0.3) is 0 Å². The molecule has 1 atom stereocenters. The molecule has 0 radical (unpaired) electrons. The fourth-order valence-corrected chi connectivity index (χ4v) is 3.00. The van der Waals surface area contributed by atoms with Gasteiger partial charge in [-0.2, -0.15) is 0 Å². The summed E-state index contributed by atoms with van der Waals surface area (Å²) < 4.78 is 14.5. The van der Waals surface area contributed by atoms with Crippen molar-refractivity contribution in [3.05, 3.63) is 58.9 Å². The first-order valence-corrected chi connectivity index (χ1v) is 7.48. The Morgan fingerprint density at radius 2 is 1.90 bits per heavy atom. The number of benzene rings is 2. The van der Waals surface area contributed by atoms with Crippen LogP contribution < -0.4 is 10.6 Å². The molecule has 0 spiro atoms. The van der Waals surface area contributed by atoms with E-state index in [4.69, 9.17) is 5.73 Å². The summed E-state index contributed by atoms with van der Waals surface area (Å²) in [6.45, 7) is 4.81. The van der Waals surface area contributed by atoms with Crippen LogP contribution in [0.15, 0.2) is 36.4 Å². The molecule has 3 rings (SSSR count). The Hall–Kier alpha value is -1.87. The van der Waals surface area contributed by atoms with Crippen LogP contribution in [0.2, 0.25) is 0 Å². The molecule has 2 aromatic rings. The molecule has 0 unspecified atom stereocenters. The van der Waals surface area contributed by atoms with Gasteiger partial charge < -0.3 is 10.6 Å². The average molecular weight is 284 g/mol. The van der Waals surface area contributed by atoms with E-state index in [1.54, 1.807) is 6.07 Å². The second-order valence-corrected chi connectivity index (χ2v) is 5.89. The average Bonchev–Trinajstić information content (AvgIpc) is 2.46. The van der Waals surface area contributed by atoms with E-state index in [9.17, 15) is 4.39 Å². The molecule has 2 aromatic carbocycles. The highest BCUT2D eigenvalue weighted by Crippen LogP contribution is 2.35. The summed E-state index contributed by atoms with van der Waals surface area (Å²) in [5, 5.41) is 0. The van der Waals surface area contributed by atoms with Gasteiger partial charge in [0.15, 0.2) is 0 Å². The Morgan fingerprint density at radius 1 is 1.14 bits per heavy atom. The number of fused-ring (bicyclic) bond motifs is 1. The highest BCUT2D eigenvalue weighted by Gasteiger charge is 2.21. The van der Waals surface area contributed by atoms with Crippen LogP contribution >= 0.6 is 0 Å². The smallest absolute Gasteiger partial charge is 0.147 e. The number of nitrogens with zero attached hydrogens (tertiary/aromatic N) is 1. The number of rotatable bonds is 2. The summed E-state index contributed by atoms with van der Waals surface area (Å²) in [4.78, 5) is 2.08. The summed E-state index contributed by atoms with van der Waals surface area (Å²) in [7, 11) is 0. The lowest BCUT2D eigenvalue weighted by Crippen LogP contribution is -2.25. The maximum absolute atomic E-state index is 14.5. The zero-order chi connectivity index (χ0) is 15.0. The third-order valence-corrected chi connectivity index (χ3v) is 4.14. The minimum absolute atomic E-state index is 0.148. The van der Waals surface area contributed by atoms with Crippen molar-refractivity contribution >= 4 is 11.4 Å². The first-order valence-electron chi connectivity index (χ1n) is 7.48. The largest absolute Gasteiger partial charge is 0.339 e. The first-order chi connectivity index (χ1) is 10.1. The summed E-state index contributed by atoms with van der Waals surface area (Å²) >= 11 is 0. The number of aryl methyl sites for hydroxylation is 2. The Balaban J connectivity index is 2.03. The molecule has 0 amide bonds. The van der Waals surface area contributed by atoms with E-state index in [1.165, 1.54) is 11.1 Å². The van der Waals surface area contributed by atoms with Gasteiger partial charge in [-0.25, -0.2) is 4.39 Å². The molecule has 0 aliphatic carbocycles. The molecule has 2 N–H and O–H groups in total. The molecule has 0 bridgehead atoms. The molecule has 1 heterocycles. The molecule has 3 heteroatoms. The van der Waals surface area contributed by atoms with Gasteiger partial charge >= 0.3 is 0 Å². The molecule has 21 heavy (non-hydrogen) atoms. The highest BCUT2D eigenvalue weighted by atomic mass is 19.1. The standard InChI is InChI=1S/C18H21FN2/c1-12-5-7-17-15(10-12)4-3-9-21(17)18-8-6-14(13(2)20)11-16(18)19/h5-8,10-11,13H,3-4,9,20H2,1-2H3/t13-/m0/s1. The molecule has 2 nitrogen and oxygen atoms in total. The number of anilines is 2. The Morgan fingerprint density at radius 3 is 2.62 bits per heavy atom. The minimum Gasteiger partial charge on any atom is -0.339 e. The zero-order valence-electron chi connectivity index (χ0n) is 12.6. The van der Waals surface area contributed by atoms with Crippen LogP contribution in [0, 0.1) is 12.7 Å². The molecular weight excluding hydrogens is 263 g/mol. The van der Waals surface area contributed by atoms with Crippen molar-refractivity contribution in [2.24, 2.45) is 5.73 Å². The Kier molecular flexibility index (Phi) is 3.68. The van der Waals surface area contributed by atoms with Crippen LogP contribution in [0.1, 0.15) is 36.1 Å². The fraction of sp³-hybridized carbons (Fsp3) is 0.333. The predicted molar refractivity (Wildman–Crippen MR) is 85.5 cm³/mol. The van der Waals surface area contributed by atoms with Crippen molar-refractivity contribution < 1.29 is 4.39 Å². The second-order valence-electron chi connectivity index (χ2n) is 5.89. The molecule has 0 fully saturated rings. The van der Waals surface area contributed by atoms with Gasteiger partial charge in [0.2, 0.25) is 0 Å². The van der Waals surface area contributed by atoms with Gasteiger partial charge in [-0.1, -0.05) is 23.8 Å². The van der Waals surface area contributed by atoms with Crippen molar-refractivity contribution in [3.63, 3.8) is 0 Å². The lowest BCUT2D eigenvalue weighted by molar-refractivity contribution is 0.615. The molecule has 0 saturated heterocycles. The van der Waals surface area contributed by atoms with Crippen molar-refractivity contribution in [2.75, 3.05) is 11.4 Å². The van der Waals surface area contributed by atoms with Gasteiger partial charge in [0, 0.05) is 18.3 Å². The summed E-state index contributed by atoms with van der Waals surface area (Å²) in [5.74, 6) is -0.196. The van der Waals surface area contributed by atoms with E-state index in [1.807, 2.05) is 19.1 Å². The van der Waals surface area contributed by atoms with E-state index in [-0.39, 0.29) is 11.9 Å². The van der Waals surface area contributed by atoms with Crippen molar-refractivity contribution in [3.8, 4) is 0 Å². The lowest BCUT2D eigenvalue weighted by atomic mass is 9.98. The number of halogens is 1. The maximum atomic E-state index is 14.5. The van der Waals surface area contributed by atoms with Crippen molar-refractivity contribution in [2.45, 2.75) is 32.7 Å². The Bertz CT molecular complexity index is 664. The molecule has 0 saturated carbocycles. The van der Waals surface area contributed by atoms with E-state index in [2.05, 4.69) is 30.0 Å². The first kappa shape index (κ1) is 14.1. The summed E-state index contributed by atoms with van der Waals surface area (Å²) in [5.41, 5.74) is 11.0. The third kappa shape index (κ3) is 2.66. The number of hydrogen-bond donors (Lipinski definition) is 1. The molecular formula is C18H21FN2. The highest BCUT2D eigenvalue weighted by molar-refractivity contribution is 5.69. The quantitative estimate of drug-likeness (QED) is 0.893. The van der Waals surface area contributed by atoms with Crippen molar-refractivity contribution in [1.29, 1.82) is 0 Å². The lowest BCUT2D eigenvalue weighted by Gasteiger charge is -2.32. The van der Waals surface area contributed by atoms with Gasteiger partial charge in [-0.05, 0) is 56.0 Å². The molecule has 110 valence electrons. The van der Waals surface area contributed by atoms with Crippen LogP contribution in [-0.4, -0.2) is 6.54 Å². The fourth-order valence-electron chi connectivity index (χ4n) is 3.00. The molecule has 1 aliphatic heterocycles. The topological polar surface area (TPSA) is 29.3 Å². The number of nitrogens with two attached hydrogens (primary N) is 1. The van der Waals surface area contributed by atoms with E-state index in [0.29, 0.717) is 5.69 Å². The summed E-state index contributed by atoms with van der Waals surface area (Å²) in [6, 6.07) is 11.6. The minimum atomic E-state index is -0.196. The van der Waals surface area contributed by atoms with Crippen LogP contribution in [0.5, 0.6) is 0 Å². The van der Waals surface area contributed by atoms with Gasteiger partial charge in [0.25, 0.3) is 0 Å². The monoisotopic (exact) mass is 284 g/mol. The van der Waals surface area contributed by atoms with Crippen molar-refractivity contribution in [1.82, 2.24) is 0 Å². The van der Waals surface area contributed by atoms with Gasteiger partial charge in [-0.3, -0.25) is 0 Å². The SMILES string of the molecule is Cc1ccc2c(c1)CCCN2c1ccc([C@H](C)N)cc1F. The van der Waals surface area contributed by atoms with Crippen LogP contribution in [0.3, 0.4) is 0 Å².